The molecule has 0 radical (unpaired) electrons. The topological polar surface area (TPSA) is 114 Å². The average Bonchev–Trinajstić information content (AvgIpc) is 2.61. The fraction of sp³-hybridized carbons (Fsp3) is 0.188. The molecule has 0 fully saturated rings. The van der Waals surface area contributed by atoms with Crippen LogP contribution < -0.4 is 16.4 Å². The zero-order valence-electron chi connectivity index (χ0n) is 13.2. The first kappa shape index (κ1) is 18.4. The highest BCUT2D eigenvalue weighted by molar-refractivity contribution is 7.91. The highest BCUT2D eigenvalue weighted by Crippen LogP contribution is 2.10. The number of hydrogen-bond donors (Lipinski definition) is 2. The minimum Gasteiger partial charge on any atom is -0.306 e. The Morgan fingerprint density at radius 1 is 0.920 bits per heavy atom. The predicted molar refractivity (Wildman–Crippen MR) is 90.1 cm³/mol. The van der Waals surface area contributed by atoms with E-state index in [9.17, 15) is 22.8 Å². The molecule has 1 heterocycles. The molecule has 2 aromatic rings. The third-order valence-electron chi connectivity index (χ3n) is 3.25. The van der Waals surface area contributed by atoms with Crippen molar-refractivity contribution in [3.63, 3.8) is 0 Å². The molecular weight excluding hydrogens is 346 g/mol. The summed E-state index contributed by atoms with van der Waals surface area (Å²) in [5.41, 5.74) is 3.92. The first-order valence-corrected chi connectivity index (χ1v) is 9.05. The maximum atomic E-state index is 12.0. The SMILES string of the molecule is O=C(CCS(=O)(=O)c1ccccc1)NNC(=O)Cn1ccccc1=O. The summed E-state index contributed by atoms with van der Waals surface area (Å²) in [5.74, 6) is -1.63. The van der Waals surface area contributed by atoms with Gasteiger partial charge in [-0.15, -0.1) is 0 Å². The molecule has 9 heteroatoms. The molecule has 0 spiro atoms. The fourth-order valence-corrected chi connectivity index (χ4v) is 3.22. The van der Waals surface area contributed by atoms with Crippen molar-refractivity contribution >= 4 is 21.7 Å². The lowest BCUT2D eigenvalue weighted by atomic mass is 10.4. The van der Waals surface area contributed by atoms with Crippen LogP contribution in [0.4, 0.5) is 0 Å². The molecule has 0 saturated heterocycles. The van der Waals surface area contributed by atoms with E-state index in [1.807, 2.05) is 0 Å². The lowest BCUT2D eigenvalue weighted by molar-refractivity contribution is -0.129. The second-order valence-electron chi connectivity index (χ2n) is 5.15. The van der Waals surface area contributed by atoms with Crippen LogP contribution in [-0.2, 0) is 26.0 Å². The Morgan fingerprint density at radius 3 is 2.24 bits per heavy atom. The summed E-state index contributed by atoms with van der Waals surface area (Å²) in [5, 5.41) is 0. The van der Waals surface area contributed by atoms with Gasteiger partial charge in [0.05, 0.1) is 10.6 Å². The minimum absolute atomic E-state index is 0.135. The number of nitrogens with one attached hydrogen (secondary N) is 2. The Kier molecular flexibility index (Phi) is 6.07. The molecule has 0 bridgehead atoms. The van der Waals surface area contributed by atoms with Crippen molar-refractivity contribution in [1.82, 2.24) is 15.4 Å². The van der Waals surface area contributed by atoms with Crippen LogP contribution in [0.25, 0.3) is 0 Å². The van der Waals surface area contributed by atoms with Crippen LogP contribution >= 0.6 is 0 Å². The van der Waals surface area contributed by atoms with Gasteiger partial charge >= 0.3 is 0 Å². The zero-order valence-corrected chi connectivity index (χ0v) is 14.0. The van der Waals surface area contributed by atoms with E-state index in [0.29, 0.717) is 0 Å². The van der Waals surface area contributed by atoms with Gasteiger partial charge in [-0.2, -0.15) is 0 Å². The number of nitrogens with zero attached hydrogens (tertiary/aromatic N) is 1. The second kappa shape index (κ2) is 8.25. The molecule has 0 aliphatic carbocycles. The summed E-state index contributed by atoms with van der Waals surface area (Å²) < 4.78 is 25.3. The van der Waals surface area contributed by atoms with Crippen LogP contribution in [0.3, 0.4) is 0 Å². The first-order chi connectivity index (χ1) is 11.9. The van der Waals surface area contributed by atoms with E-state index in [4.69, 9.17) is 0 Å². The van der Waals surface area contributed by atoms with Crippen molar-refractivity contribution in [2.45, 2.75) is 17.9 Å². The molecule has 2 amide bonds. The molecule has 1 aromatic heterocycles. The molecule has 0 atom stereocenters. The summed E-state index contributed by atoms with van der Waals surface area (Å²) in [7, 11) is -3.57. The molecule has 25 heavy (non-hydrogen) atoms. The van der Waals surface area contributed by atoms with Crippen molar-refractivity contribution in [1.29, 1.82) is 0 Å². The average molecular weight is 363 g/mol. The van der Waals surface area contributed by atoms with E-state index >= 15 is 0 Å². The van der Waals surface area contributed by atoms with Crippen molar-refractivity contribution in [2.75, 3.05) is 5.75 Å². The van der Waals surface area contributed by atoms with E-state index in [-0.39, 0.29) is 29.2 Å². The smallest absolute Gasteiger partial charge is 0.258 e. The predicted octanol–water partition coefficient (Wildman–Crippen LogP) is -0.140. The van der Waals surface area contributed by atoms with Crippen LogP contribution in [0.2, 0.25) is 0 Å². The fourth-order valence-electron chi connectivity index (χ4n) is 1.96. The van der Waals surface area contributed by atoms with Crippen molar-refractivity contribution in [3.8, 4) is 0 Å². The maximum absolute atomic E-state index is 12.0. The van der Waals surface area contributed by atoms with Gasteiger partial charge in [0.1, 0.15) is 6.54 Å². The normalized spacial score (nSPS) is 10.9. The minimum atomic E-state index is -3.57. The zero-order chi connectivity index (χ0) is 18.3. The number of benzene rings is 1. The molecule has 0 aliphatic heterocycles. The number of pyridine rings is 1. The molecule has 132 valence electrons. The van der Waals surface area contributed by atoms with Gasteiger partial charge in [0, 0.05) is 18.7 Å². The summed E-state index contributed by atoms with van der Waals surface area (Å²) in [6.45, 7) is -0.262. The third kappa shape index (κ3) is 5.57. The van der Waals surface area contributed by atoms with E-state index < -0.39 is 21.7 Å². The molecule has 0 unspecified atom stereocenters. The van der Waals surface area contributed by atoms with Gasteiger partial charge in [0.25, 0.3) is 11.5 Å². The van der Waals surface area contributed by atoms with Crippen LogP contribution in [0.15, 0.2) is 64.4 Å². The van der Waals surface area contributed by atoms with E-state index in [1.54, 1.807) is 30.3 Å². The Bertz CT molecular complexity index is 907. The highest BCUT2D eigenvalue weighted by Gasteiger charge is 2.16. The molecular formula is C16H17N3O5S. The Labute approximate surface area is 144 Å². The van der Waals surface area contributed by atoms with Crippen molar-refractivity contribution < 1.29 is 18.0 Å². The highest BCUT2D eigenvalue weighted by atomic mass is 32.2. The molecule has 2 rings (SSSR count). The van der Waals surface area contributed by atoms with Crippen LogP contribution in [0.5, 0.6) is 0 Å². The summed E-state index contributed by atoms with van der Waals surface area (Å²) in [4.78, 5) is 35.0. The van der Waals surface area contributed by atoms with Gasteiger partial charge in [-0.25, -0.2) is 8.42 Å². The van der Waals surface area contributed by atoms with Gasteiger partial charge in [-0.05, 0) is 18.2 Å². The number of rotatable bonds is 6. The van der Waals surface area contributed by atoms with E-state index in [1.165, 1.54) is 29.0 Å². The first-order valence-electron chi connectivity index (χ1n) is 7.39. The number of sulfone groups is 1. The number of hydrazine groups is 1. The lowest BCUT2D eigenvalue weighted by Gasteiger charge is -2.09. The number of carbonyl (C=O) groups excluding carboxylic acids is 2. The summed E-state index contributed by atoms with van der Waals surface area (Å²) >= 11 is 0. The Hall–Kier alpha value is -2.94. The van der Waals surface area contributed by atoms with Crippen molar-refractivity contribution in [2.24, 2.45) is 0 Å². The molecule has 8 nitrogen and oxygen atoms in total. The van der Waals surface area contributed by atoms with Gasteiger partial charge in [-0.1, -0.05) is 24.3 Å². The van der Waals surface area contributed by atoms with E-state index in [2.05, 4.69) is 10.9 Å². The summed E-state index contributed by atoms with van der Waals surface area (Å²) in [6.07, 6.45) is 1.14. The van der Waals surface area contributed by atoms with Crippen LogP contribution in [0, 0.1) is 0 Å². The van der Waals surface area contributed by atoms with E-state index in [0.717, 1.165) is 0 Å². The van der Waals surface area contributed by atoms with Crippen molar-refractivity contribution in [3.05, 3.63) is 65.1 Å². The van der Waals surface area contributed by atoms with Crippen LogP contribution in [-0.4, -0.2) is 30.6 Å². The molecule has 2 N–H and O–H groups in total. The molecule has 1 aromatic carbocycles. The summed E-state index contributed by atoms with van der Waals surface area (Å²) in [6, 6.07) is 12.2. The standard InChI is InChI=1S/C16H17N3O5S/c20-14(9-11-25(23,24)13-6-2-1-3-7-13)17-18-15(21)12-19-10-5-4-8-16(19)22/h1-8,10H,9,11-12H2,(H,17,20)(H,18,21). The Balaban J connectivity index is 1.80. The number of aromatic nitrogens is 1. The monoisotopic (exact) mass is 363 g/mol. The third-order valence-corrected chi connectivity index (χ3v) is 4.99. The van der Waals surface area contributed by atoms with Gasteiger partial charge < -0.3 is 4.57 Å². The van der Waals surface area contributed by atoms with Gasteiger partial charge in [0.15, 0.2) is 9.84 Å². The quantitative estimate of drug-likeness (QED) is 0.694. The van der Waals surface area contributed by atoms with Gasteiger partial charge in [0.2, 0.25) is 5.91 Å². The maximum Gasteiger partial charge on any atom is 0.258 e. The number of carbonyl (C=O) groups is 2. The largest absolute Gasteiger partial charge is 0.306 e. The van der Waals surface area contributed by atoms with Crippen LogP contribution in [0.1, 0.15) is 6.42 Å². The number of hydrogen-bond acceptors (Lipinski definition) is 5. The number of amides is 2. The molecule has 0 aliphatic rings. The Morgan fingerprint density at radius 2 is 1.56 bits per heavy atom. The lowest BCUT2D eigenvalue weighted by Crippen LogP contribution is -2.44. The molecule has 0 saturated carbocycles. The second-order valence-corrected chi connectivity index (χ2v) is 7.25. The van der Waals surface area contributed by atoms with Gasteiger partial charge in [-0.3, -0.25) is 25.2 Å².